The fraction of sp³-hybridized carbons (Fsp3) is 0.786. The summed E-state index contributed by atoms with van der Waals surface area (Å²) < 4.78 is 1.99. The SMILES string of the molecule is CCCCCC(C)NCc1cc(CC)nn1C. The summed E-state index contributed by atoms with van der Waals surface area (Å²) in [7, 11) is 2.03. The van der Waals surface area contributed by atoms with Gasteiger partial charge in [0, 0.05) is 19.6 Å². The molecular weight excluding hydrogens is 210 g/mol. The molecule has 1 heterocycles. The van der Waals surface area contributed by atoms with Crippen LogP contribution in [0, 0.1) is 0 Å². The van der Waals surface area contributed by atoms with Gasteiger partial charge < -0.3 is 5.32 Å². The molecule has 17 heavy (non-hydrogen) atoms. The minimum Gasteiger partial charge on any atom is -0.309 e. The number of rotatable bonds is 8. The highest BCUT2D eigenvalue weighted by molar-refractivity contribution is 5.09. The zero-order valence-electron chi connectivity index (χ0n) is 11.8. The molecule has 1 N–H and O–H groups in total. The Morgan fingerprint density at radius 1 is 1.35 bits per heavy atom. The lowest BCUT2D eigenvalue weighted by atomic mass is 10.1. The summed E-state index contributed by atoms with van der Waals surface area (Å²) in [6.07, 6.45) is 6.26. The number of aryl methyl sites for hydroxylation is 2. The average Bonchev–Trinajstić information content (AvgIpc) is 2.68. The second-order valence-electron chi connectivity index (χ2n) is 4.88. The topological polar surface area (TPSA) is 29.9 Å². The molecule has 0 amide bonds. The zero-order chi connectivity index (χ0) is 12.7. The first kappa shape index (κ1) is 14.2. The Morgan fingerprint density at radius 3 is 2.71 bits per heavy atom. The first-order chi connectivity index (χ1) is 8.17. The van der Waals surface area contributed by atoms with E-state index in [0.29, 0.717) is 6.04 Å². The predicted molar refractivity (Wildman–Crippen MR) is 73.0 cm³/mol. The number of nitrogens with one attached hydrogen (secondary N) is 1. The van der Waals surface area contributed by atoms with Gasteiger partial charge in [0.2, 0.25) is 0 Å². The van der Waals surface area contributed by atoms with Crippen molar-refractivity contribution < 1.29 is 0 Å². The Kier molecular flexibility index (Phi) is 6.27. The molecule has 0 aliphatic carbocycles. The third-order valence-electron chi connectivity index (χ3n) is 3.26. The molecule has 98 valence electrons. The summed E-state index contributed by atoms with van der Waals surface area (Å²) in [5.74, 6) is 0. The van der Waals surface area contributed by atoms with E-state index in [1.165, 1.54) is 37.1 Å². The number of nitrogens with zero attached hydrogens (tertiary/aromatic N) is 2. The van der Waals surface area contributed by atoms with Crippen molar-refractivity contribution in [3.8, 4) is 0 Å². The number of aromatic nitrogens is 2. The van der Waals surface area contributed by atoms with Crippen LogP contribution < -0.4 is 5.32 Å². The molecule has 0 aromatic carbocycles. The number of hydrogen-bond donors (Lipinski definition) is 1. The fourth-order valence-corrected chi connectivity index (χ4v) is 1.99. The smallest absolute Gasteiger partial charge is 0.0625 e. The van der Waals surface area contributed by atoms with Gasteiger partial charge in [-0.25, -0.2) is 0 Å². The van der Waals surface area contributed by atoms with Crippen LogP contribution in [-0.4, -0.2) is 15.8 Å². The van der Waals surface area contributed by atoms with Gasteiger partial charge in [-0.05, 0) is 25.8 Å². The van der Waals surface area contributed by atoms with E-state index in [4.69, 9.17) is 0 Å². The molecule has 0 saturated heterocycles. The van der Waals surface area contributed by atoms with Crippen LogP contribution in [-0.2, 0) is 20.0 Å². The molecule has 0 bridgehead atoms. The van der Waals surface area contributed by atoms with Crippen LogP contribution in [0.5, 0.6) is 0 Å². The van der Waals surface area contributed by atoms with Gasteiger partial charge in [-0.3, -0.25) is 4.68 Å². The summed E-state index contributed by atoms with van der Waals surface area (Å²) >= 11 is 0. The van der Waals surface area contributed by atoms with E-state index in [9.17, 15) is 0 Å². The Hall–Kier alpha value is -0.830. The van der Waals surface area contributed by atoms with Gasteiger partial charge in [0.1, 0.15) is 0 Å². The van der Waals surface area contributed by atoms with Crippen molar-refractivity contribution >= 4 is 0 Å². The van der Waals surface area contributed by atoms with Gasteiger partial charge in [-0.2, -0.15) is 5.10 Å². The molecule has 1 unspecified atom stereocenters. The highest BCUT2D eigenvalue weighted by Crippen LogP contribution is 2.06. The highest BCUT2D eigenvalue weighted by Gasteiger charge is 2.05. The molecule has 0 radical (unpaired) electrons. The fourth-order valence-electron chi connectivity index (χ4n) is 1.99. The molecule has 1 aromatic heterocycles. The quantitative estimate of drug-likeness (QED) is 0.704. The van der Waals surface area contributed by atoms with Crippen molar-refractivity contribution in [2.24, 2.45) is 7.05 Å². The molecule has 3 heteroatoms. The van der Waals surface area contributed by atoms with E-state index in [-0.39, 0.29) is 0 Å². The maximum atomic E-state index is 4.46. The highest BCUT2D eigenvalue weighted by atomic mass is 15.3. The third kappa shape index (κ3) is 4.90. The van der Waals surface area contributed by atoms with Crippen LogP contribution in [0.25, 0.3) is 0 Å². The van der Waals surface area contributed by atoms with E-state index in [0.717, 1.165) is 13.0 Å². The number of hydrogen-bond acceptors (Lipinski definition) is 2. The largest absolute Gasteiger partial charge is 0.309 e. The van der Waals surface area contributed by atoms with E-state index in [2.05, 4.69) is 37.3 Å². The Morgan fingerprint density at radius 2 is 2.12 bits per heavy atom. The lowest BCUT2D eigenvalue weighted by Crippen LogP contribution is -2.26. The summed E-state index contributed by atoms with van der Waals surface area (Å²) in [5.41, 5.74) is 2.46. The Balaban J connectivity index is 2.31. The summed E-state index contributed by atoms with van der Waals surface area (Å²) in [5, 5.41) is 8.03. The average molecular weight is 237 g/mol. The van der Waals surface area contributed by atoms with Crippen LogP contribution in [0.4, 0.5) is 0 Å². The van der Waals surface area contributed by atoms with Crippen LogP contribution in [0.1, 0.15) is 57.8 Å². The molecule has 0 aliphatic heterocycles. The summed E-state index contributed by atoms with van der Waals surface area (Å²) in [6.45, 7) is 7.59. The van der Waals surface area contributed by atoms with Gasteiger partial charge in [-0.15, -0.1) is 0 Å². The summed E-state index contributed by atoms with van der Waals surface area (Å²) in [4.78, 5) is 0. The summed E-state index contributed by atoms with van der Waals surface area (Å²) in [6, 6.07) is 2.80. The van der Waals surface area contributed by atoms with Crippen molar-refractivity contribution in [3.63, 3.8) is 0 Å². The van der Waals surface area contributed by atoms with Gasteiger partial charge in [0.25, 0.3) is 0 Å². The minimum absolute atomic E-state index is 0.599. The van der Waals surface area contributed by atoms with Gasteiger partial charge in [0.05, 0.1) is 11.4 Å². The van der Waals surface area contributed by atoms with E-state index < -0.39 is 0 Å². The molecule has 1 atom stereocenters. The van der Waals surface area contributed by atoms with Crippen molar-refractivity contribution in [2.45, 2.75) is 65.5 Å². The molecule has 1 aromatic rings. The predicted octanol–water partition coefficient (Wildman–Crippen LogP) is 3.04. The molecule has 0 fully saturated rings. The molecule has 0 spiro atoms. The maximum absolute atomic E-state index is 4.46. The van der Waals surface area contributed by atoms with E-state index in [1.807, 2.05) is 11.7 Å². The maximum Gasteiger partial charge on any atom is 0.0625 e. The van der Waals surface area contributed by atoms with Gasteiger partial charge in [0.15, 0.2) is 0 Å². The normalized spacial score (nSPS) is 12.9. The van der Waals surface area contributed by atoms with Crippen molar-refractivity contribution in [3.05, 3.63) is 17.5 Å². The Bertz CT molecular complexity index is 317. The standard InChI is InChI=1S/C14H27N3/c1-5-7-8-9-12(3)15-11-14-10-13(6-2)16-17(14)4/h10,12,15H,5-9,11H2,1-4H3. The lowest BCUT2D eigenvalue weighted by molar-refractivity contribution is 0.477. The first-order valence-corrected chi connectivity index (χ1v) is 6.92. The lowest BCUT2D eigenvalue weighted by Gasteiger charge is -2.13. The Labute approximate surface area is 106 Å². The molecule has 1 rings (SSSR count). The van der Waals surface area contributed by atoms with E-state index >= 15 is 0 Å². The van der Waals surface area contributed by atoms with Gasteiger partial charge >= 0.3 is 0 Å². The van der Waals surface area contributed by atoms with Crippen LogP contribution in [0.2, 0.25) is 0 Å². The molecular formula is C14H27N3. The monoisotopic (exact) mass is 237 g/mol. The zero-order valence-corrected chi connectivity index (χ0v) is 11.8. The van der Waals surface area contributed by atoms with Crippen LogP contribution >= 0.6 is 0 Å². The molecule has 3 nitrogen and oxygen atoms in total. The minimum atomic E-state index is 0.599. The number of unbranched alkanes of at least 4 members (excludes halogenated alkanes) is 2. The van der Waals surface area contributed by atoms with Crippen LogP contribution in [0.15, 0.2) is 6.07 Å². The molecule has 0 aliphatic rings. The second-order valence-corrected chi connectivity index (χ2v) is 4.88. The van der Waals surface area contributed by atoms with Crippen molar-refractivity contribution in [1.29, 1.82) is 0 Å². The first-order valence-electron chi connectivity index (χ1n) is 6.92. The van der Waals surface area contributed by atoms with Crippen LogP contribution in [0.3, 0.4) is 0 Å². The van der Waals surface area contributed by atoms with E-state index in [1.54, 1.807) is 0 Å². The second kappa shape index (κ2) is 7.49. The third-order valence-corrected chi connectivity index (χ3v) is 3.26. The molecule has 0 saturated carbocycles. The van der Waals surface area contributed by atoms with Crippen molar-refractivity contribution in [1.82, 2.24) is 15.1 Å². The van der Waals surface area contributed by atoms with Gasteiger partial charge in [-0.1, -0.05) is 33.1 Å². The van der Waals surface area contributed by atoms with Crippen molar-refractivity contribution in [2.75, 3.05) is 0 Å².